The highest BCUT2D eigenvalue weighted by Crippen LogP contribution is 2.44. The van der Waals surface area contributed by atoms with E-state index in [0.717, 1.165) is 50.0 Å². The zero-order chi connectivity index (χ0) is 50.2. The number of fused-ring (bicyclic) bond motifs is 1. The largest absolute Gasteiger partial charge is 0.507 e. The molecule has 0 unspecified atom stereocenters. The van der Waals surface area contributed by atoms with E-state index in [9.17, 15) is 5.11 Å². The summed E-state index contributed by atoms with van der Waals surface area (Å²) >= 11 is 0. The van der Waals surface area contributed by atoms with E-state index >= 15 is 0 Å². The number of hydrogen-bond donors (Lipinski definition) is 1. The maximum Gasteiger partial charge on any atom is 0.149 e. The summed E-state index contributed by atoms with van der Waals surface area (Å²) in [5, 5.41) is 12.3. The number of imidazole rings is 1. The van der Waals surface area contributed by atoms with Gasteiger partial charge in [-0.1, -0.05) is 160 Å². The van der Waals surface area contributed by atoms with Crippen molar-refractivity contribution < 1.29 is 16.1 Å². The van der Waals surface area contributed by atoms with Crippen LogP contribution in [0, 0.1) is 6.85 Å². The SMILES string of the molecule is [2H]c1c([2H])c([2H])c(-c2ccnc(-c3cc(-c4cccc5c4nc(-c4cc(C(C)C)cc(C(C)C)c4O)n5-c4ccc(C([2H])([2H])[2H])cc4-c4ccc(C(C)(C)C)cc4)cc(C(C)(C)C)c3)c2)c([2H])c1[2H]. The molecule has 0 saturated heterocycles. The van der Waals surface area contributed by atoms with Gasteiger partial charge in [0.1, 0.15) is 11.6 Å². The summed E-state index contributed by atoms with van der Waals surface area (Å²) in [4.78, 5) is 10.3. The fourth-order valence-corrected chi connectivity index (χ4v) is 8.00. The third-order valence-corrected chi connectivity index (χ3v) is 11.6. The van der Waals surface area contributed by atoms with Crippen molar-refractivity contribution in [1.82, 2.24) is 14.5 Å². The Kier molecular flexibility index (Phi) is 8.51. The molecule has 308 valence electrons. The lowest BCUT2D eigenvalue weighted by Gasteiger charge is -2.22. The van der Waals surface area contributed by atoms with Crippen LogP contribution in [0.15, 0.2) is 140 Å². The van der Waals surface area contributed by atoms with Crippen molar-refractivity contribution in [3.05, 3.63) is 167 Å². The van der Waals surface area contributed by atoms with E-state index in [1.807, 2.05) is 48.5 Å². The van der Waals surface area contributed by atoms with Gasteiger partial charge in [0, 0.05) is 27.0 Å². The van der Waals surface area contributed by atoms with Gasteiger partial charge in [-0.3, -0.25) is 9.55 Å². The summed E-state index contributed by atoms with van der Waals surface area (Å²) in [6.07, 6.45) is 1.60. The lowest BCUT2D eigenvalue weighted by molar-refractivity contribution is 0.466. The second-order valence-corrected chi connectivity index (χ2v) is 18.8. The van der Waals surface area contributed by atoms with Crippen LogP contribution in [0.25, 0.3) is 72.7 Å². The van der Waals surface area contributed by atoms with Gasteiger partial charge in [-0.05, 0) is 123 Å². The Morgan fingerprint density at radius 1 is 0.623 bits per heavy atom. The Morgan fingerprint density at radius 3 is 2.02 bits per heavy atom. The summed E-state index contributed by atoms with van der Waals surface area (Å²) in [6.45, 7) is 18.9. The smallest absolute Gasteiger partial charge is 0.149 e. The fourth-order valence-electron chi connectivity index (χ4n) is 8.00. The zero-order valence-corrected chi connectivity index (χ0v) is 36.8. The van der Waals surface area contributed by atoms with Gasteiger partial charge in [-0.2, -0.15) is 0 Å². The molecule has 2 heterocycles. The molecule has 4 heteroatoms. The van der Waals surface area contributed by atoms with Gasteiger partial charge < -0.3 is 5.11 Å². The zero-order valence-electron chi connectivity index (χ0n) is 44.8. The predicted octanol–water partition coefficient (Wildman–Crippen LogP) is 15.6. The Labute approximate surface area is 374 Å². The molecule has 61 heavy (non-hydrogen) atoms. The Balaban J connectivity index is 1.44. The van der Waals surface area contributed by atoms with Gasteiger partial charge in [0.25, 0.3) is 0 Å². The molecule has 0 aliphatic heterocycles. The van der Waals surface area contributed by atoms with Crippen molar-refractivity contribution in [3.8, 4) is 67.5 Å². The van der Waals surface area contributed by atoms with Crippen LogP contribution in [0.4, 0.5) is 0 Å². The maximum atomic E-state index is 12.3. The molecule has 0 bridgehead atoms. The van der Waals surface area contributed by atoms with Crippen LogP contribution in [-0.2, 0) is 10.8 Å². The van der Waals surface area contributed by atoms with Gasteiger partial charge in [-0.15, -0.1) is 0 Å². The average Bonchev–Trinajstić information content (AvgIpc) is 3.68. The van der Waals surface area contributed by atoms with E-state index in [4.69, 9.17) is 20.9 Å². The van der Waals surface area contributed by atoms with Gasteiger partial charge in [-0.25, -0.2) is 4.98 Å². The van der Waals surface area contributed by atoms with Gasteiger partial charge in [0.15, 0.2) is 0 Å². The number of aryl methyl sites for hydroxylation is 1. The Hall–Kier alpha value is -6.26. The standard InChI is InChI=1S/C57H59N3O/c1-35(2)41-32-47(36(3)4)54(61)49(33-41)55-59-53-46(42-29-43(31-45(30-42)57(9,10)11)50-34-40(26-27-58-50)38-16-13-12-14-17-38)18-15-19-52(53)60(55)51-25-20-37(5)28-48(51)39-21-23-44(24-22-39)56(6,7)8/h12-36,61H,1-11H3/i5D3,12D,13D,14D,16D,17D. The number of rotatable bonds is 8. The molecular weight excluding hydrogens is 743 g/mol. The maximum absolute atomic E-state index is 12.3. The van der Waals surface area contributed by atoms with E-state index in [-0.39, 0.29) is 51.6 Å². The molecule has 0 saturated carbocycles. The Bertz CT molecular complexity index is 3270. The number of phenolic OH excluding ortho intramolecular Hbond substituents is 1. The average molecular weight is 810 g/mol. The fraction of sp³-hybridized carbons (Fsp3) is 0.263. The summed E-state index contributed by atoms with van der Waals surface area (Å²) in [6, 6.07) is 31.5. The minimum Gasteiger partial charge on any atom is -0.507 e. The molecule has 0 radical (unpaired) electrons. The number of aromatic nitrogens is 3. The van der Waals surface area contributed by atoms with Crippen LogP contribution in [0.2, 0.25) is 0 Å². The summed E-state index contributed by atoms with van der Waals surface area (Å²) in [5.74, 6) is 0.757. The van der Waals surface area contributed by atoms with Crippen molar-refractivity contribution in [3.63, 3.8) is 0 Å². The normalized spacial score (nSPS) is 14.3. The number of nitrogens with zero attached hydrogens (tertiary/aromatic N) is 3. The van der Waals surface area contributed by atoms with Gasteiger partial charge in [0.05, 0.1) is 34.8 Å². The molecular formula is C57H59N3O. The van der Waals surface area contributed by atoms with Crippen molar-refractivity contribution >= 4 is 11.0 Å². The number of pyridine rings is 1. The van der Waals surface area contributed by atoms with E-state index in [0.29, 0.717) is 39.4 Å². The third-order valence-electron chi connectivity index (χ3n) is 11.6. The van der Waals surface area contributed by atoms with Crippen LogP contribution in [-0.4, -0.2) is 19.6 Å². The number of phenols is 1. The first kappa shape index (κ1) is 32.5. The van der Waals surface area contributed by atoms with Crippen LogP contribution in [0.1, 0.15) is 120 Å². The molecule has 2 aromatic heterocycles. The molecule has 0 atom stereocenters. The van der Waals surface area contributed by atoms with Crippen LogP contribution in [0.5, 0.6) is 5.75 Å². The first-order valence-electron chi connectivity index (χ1n) is 25.1. The molecule has 8 rings (SSSR count). The lowest BCUT2D eigenvalue weighted by Crippen LogP contribution is -2.11. The topological polar surface area (TPSA) is 50.9 Å². The lowest BCUT2D eigenvalue weighted by atomic mass is 9.83. The van der Waals surface area contributed by atoms with E-state index < -0.39 is 25.0 Å². The van der Waals surface area contributed by atoms with Gasteiger partial charge in [0.2, 0.25) is 0 Å². The van der Waals surface area contributed by atoms with Gasteiger partial charge >= 0.3 is 0 Å². The second kappa shape index (κ2) is 16.0. The highest BCUT2D eigenvalue weighted by molar-refractivity contribution is 5.98. The van der Waals surface area contributed by atoms with Crippen LogP contribution < -0.4 is 0 Å². The monoisotopic (exact) mass is 810 g/mol. The first-order chi connectivity index (χ1) is 32.3. The first-order valence-corrected chi connectivity index (χ1v) is 21.1. The summed E-state index contributed by atoms with van der Waals surface area (Å²) in [5.41, 5.74) is 11.4. The second-order valence-electron chi connectivity index (χ2n) is 18.8. The van der Waals surface area contributed by atoms with E-state index in [1.54, 1.807) is 30.5 Å². The third kappa shape index (κ3) is 8.16. The van der Waals surface area contributed by atoms with Crippen molar-refractivity contribution in [2.45, 2.75) is 98.8 Å². The summed E-state index contributed by atoms with van der Waals surface area (Å²) in [7, 11) is 0. The van der Waals surface area contributed by atoms with E-state index in [2.05, 4.69) is 104 Å². The number of benzene rings is 6. The van der Waals surface area contributed by atoms with Crippen molar-refractivity contribution in [2.24, 2.45) is 0 Å². The van der Waals surface area contributed by atoms with E-state index in [1.165, 1.54) is 0 Å². The highest BCUT2D eigenvalue weighted by Gasteiger charge is 2.26. The molecule has 0 spiro atoms. The number of para-hydroxylation sites is 1. The molecule has 8 aromatic rings. The minimum atomic E-state index is -2.37. The number of aromatic hydroxyl groups is 1. The summed E-state index contributed by atoms with van der Waals surface area (Å²) < 4.78 is 69.6. The quantitative estimate of drug-likeness (QED) is 0.166. The van der Waals surface area contributed by atoms with Crippen LogP contribution in [0.3, 0.4) is 0 Å². The van der Waals surface area contributed by atoms with Crippen LogP contribution >= 0.6 is 0 Å². The molecule has 1 N–H and O–H groups in total. The molecule has 6 aromatic carbocycles. The van der Waals surface area contributed by atoms with Crippen molar-refractivity contribution in [2.75, 3.05) is 0 Å². The molecule has 0 aliphatic rings. The number of hydrogen-bond acceptors (Lipinski definition) is 3. The highest BCUT2D eigenvalue weighted by atomic mass is 16.3. The molecule has 0 aliphatic carbocycles. The predicted molar refractivity (Wildman–Crippen MR) is 258 cm³/mol. The molecule has 0 amide bonds. The Morgan fingerprint density at radius 2 is 1.34 bits per heavy atom. The van der Waals surface area contributed by atoms with Crippen molar-refractivity contribution in [1.29, 1.82) is 0 Å². The molecule has 4 nitrogen and oxygen atoms in total. The molecule has 0 fully saturated rings. The minimum absolute atomic E-state index is 0.00235.